The van der Waals surface area contributed by atoms with E-state index in [4.69, 9.17) is 0 Å². The van der Waals surface area contributed by atoms with Crippen molar-refractivity contribution >= 4 is 11.8 Å². The molecule has 2 rings (SSSR count). The Kier molecular flexibility index (Phi) is 3.97. The summed E-state index contributed by atoms with van der Waals surface area (Å²) in [6.07, 6.45) is 7.91. The summed E-state index contributed by atoms with van der Waals surface area (Å²) in [6, 6.07) is 0.751. The van der Waals surface area contributed by atoms with Crippen molar-refractivity contribution in [1.82, 2.24) is 10.2 Å². The smallest absolute Gasteiger partial charge is 0.0285 e. The van der Waals surface area contributed by atoms with Gasteiger partial charge in [-0.2, -0.15) is 11.8 Å². The van der Waals surface area contributed by atoms with Crippen molar-refractivity contribution in [1.29, 1.82) is 0 Å². The highest BCUT2D eigenvalue weighted by atomic mass is 32.2. The van der Waals surface area contributed by atoms with Crippen molar-refractivity contribution in [2.24, 2.45) is 0 Å². The summed E-state index contributed by atoms with van der Waals surface area (Å²) < 4.78 is 0.647. The van der Waals surface area contributed by atoms with Crippen molar-refractivity contribution in [3.05, 3.63) is 0 Å². The molecule has 1 N–H and O–H groups in total. The van der Waals surface area contributed by atoms with Gasteiger partial charge in [0.25, 0.3) is 0 Å². The third-order valence-corrected chi connectivity index (χ3v) is 5.15. The molecule has 0 spiro atoms. The molecule has 0 amide bonds. The summed E-state index contributed by atoms with van der Waals surface area (Å²) in [5, 5.41) is 3.59. The van der Waals surface area contributed by atoms with Crippen molar-refractivity contribution in [3.63, 3.8) is 0 Å². The van der Waals surface area contributed by atoms with Crippen LogP contribution in [0.1, 0.15) is 32.6 Å². The zero-order valence-corrected chi connectivity index (χ0v) is 10.9. The third kappa shape index (κ3) is 3.11. The Labute approximate surface area is 98.2 Å². The fourth-order valence-electron chi connectivity index (χ4n) is 2.63. The third-order valence-electron chi connectivity index (χ3n) is 3.75. The summed E-state index contributed by atoms with van der Waals surface area (Å²) in [7, 11) is 0. The predicted octanol–water partition coefficient (Wildman–Crippen LogP) is 1.96. The molecule has 0 radical (unpaired) electrons. The second-order valence-corrected chi connectivity index (χ2v) is 6.29. The Balaban J connectivity index is 1.77. The molecule has 0 aromatic heterocycles. The minimum atomic E-state index is 0.647. The highest BCUT2D eigenvalue weighted by Gasteiger charge is 2.43. The van der Waals surface area contributed by atoms with Crippen LogP contribution >= 0.6 is 11.8 Å². The lowest BCUT2D eigenvalue weighted by Crippen LogP contribution is -2.47. The minimum absolute atomic E-state index is 0.647. The minimum Gasteiger partial charge on any atom is -0.313 e. The number of thioether (sulfide) groups is 1. The molecule has 1 aliphatic carbocycles. The van der Waals surface area contributed by atoms with Gasteiger partial charge < -0.3 is 10.2 Å². The van der Waals surface area contributed by atoms with Crippen LogP contribution in [0.2, 0.25) is 0 Å². The first-order valence-electron chi connectivity index (χ1n) is 6.29. The van der Waals surface area contributed by atoms with E-state index in [2.05, 4.69) is 35.2 Å². The number of likely N-dealkylation sites (tertiary alicyclic amines) is 1. The molecule has 2 nitrogen and oxygen atoms in total. The van der Waals surface area contributed by atoms with Gasteiger partial charge in [-0.1, -0.05) is 6.92 Å². The molecule has 0 bridgehead atoms. The van der Waals surface area contributed by atoms with Crippen LogP contribution in [-0.4, -0.2) is 48.1 Å². The first-order chi connectivity index (χ1) is 7.28. The Bertz CT molecular complexity index is 202. The van der Waals surface area contributed by atoms with Crippen LogP contribution in [-0.2, 0) is 0 Å². The Morgan fingerprint density at radius 1 is 1.47 bits per heavy atom. The average molecular weight is 228 g/mol. The van der Waals surface area contributed by atoms with Crippen molar-refractivity contribution in [2.75, 3.05) is 32.4 Å². The molecule has 1 unspecified atom stereocenters. The second kappa shape index (κ2) is 5.07. The number of piperidine rings is 1. The van der Waals surface area contributed by atoms with Gasteiger partial charge in [-0.05, 0) is 45.0 Å². The van der Waals surface area contributed by atoms with Gasteiger partial charge in [-0.15, -0.1) is 0 Å². The monoisotopic (exact) mass is 228 g/mol. The molecule has 1 aliphatic heterocycles. The van der Waals surface area contributed by atoms with E-state index in [9.17, 15) is 0 Å². The average Bonchev–Trinajstić information content (AvgIpc) is 3.00. The maximum Gasteiger partial charge on any atom is 0.0285 e. The number of rotatable bonds is 5. The Hall–Kier alpha value is 0.270. The van der Waals surface area contributed by atoms with Gasteiger partial charge in [-0.3, -0.25) is 0 Å². The van der Waals surface area contributed by atoms with Gasteiger partial charge in [0.2, 0.25) is 0 Å². The molecule has 2 aliphatic rings. The summed E-state index contributed by atoms with van der Waals surface area (Å²) in [4.78, 5) is 2.68. The maximum absolute atomic E-state index is 3.59. The summed E-state index contributed by atoms with van der Waals surface area (Å²) in [5.41, 5.74) is 0. The van der Waals surface area contributed by atoms with Crippen LogP contribution in [0.15, 0.2) is 0 Å². The molecule has 1 saturated carbocycles. The van der Waals surface area contributed by atoms with Gasteiger partial charge in [0.1, 0.15) is 0 Å². The summed E-state index contributed by atoms with van der Waals surface area (Å²) in [6.45, 7) is 7.26. The number of hydrogen-bond acceptors (Lipinski definition) is 3. The normalized spacial score (nSPS) is 30.4. The van der Waals surface area contributed by atoms with Crippen molar-refractivity contribution in [2.45, 2.75) is 43.4 Å². The Morgan fingerprint density at radius 3 is 2.87 bits per heavy atom. The van der Waals surface area contributed by atoms with E-state index < -0.39 is 0 Å². The Morgan fingerprint density at radius 2 is 2.27 bits per heavy atom. The van der Waals surface area contributed by atoms with Gasteiger partial charge >= 0.3 is 0 Å². The zero-order chi connectivity index (χ0) is 10.7. The lowest BCUT2D eigenvalue weighted by atomic mass is 10.1. The molecule has 0 aromatic carbocycles. The van der Waals surface area contributed by atoms with Crippen LogP contribution in [0.3, 0.4) is 0 Å². The number of nitrogens with one attached hydrogen (secondary N) is 1. The molecule has 1 atom stereocenters. The van der Waals surface area contributed by atoms with E-state index in [1.807, 2.05) is 0 Å². The molecule has 88 valence electrons. The topological polar surface area (TPSA) is 15.3 Å². The second-order valence-electron chi connectivity index (χ2n) is 5.02. The summed E-state index contributed by atoms with van der Waals surface area (Å²) >= 11 is 2.08. The number of likely N-dealkylation sites (N-methyl/N-ethyl adjacent to an activating group) is 1. The van der Waals surface area contributed by atoms with Crippen LogP contribution in [0.4, 0.5) is 0 Å². The molecule has 3 heteroatoms. The van der Waals surface area contributed by atoms with E-state index in [0.717, 1.165) is 12.6 Å². The number of hydrogen-bond donors (Lipinski definition) is 1. The standard InChI is InChI=1S/C12H24N2S/c1-3-13-11-5-4-8-14(9-11)10-12(15-2)6-7-12/h11,13H,3-10H2,1-2H3. The lowest BCUT2D eigenvalue weighted by Gasteiger charge is -2.35. The predicted molar refractivity (Wildman–Crippen MR) is 68.6 cm³/mol. The van der Waals surface area contributed by atoms with Gasteiger partial charge in [0, 0.05) is 23.9 Å². The molecule has 0 aromatic rings. The molecule has 15 heavy (non-hydrogen) atoms. The van der Waals surface area contributed by atoms with Crippen LogP contribution in [0, 0.1) is 0 Å². The van der Waals surface area contributed by atoms with Gasteiger partial charge in [0.05, 0.1) is 0 Å². The highest BCUT2D eigenvalue weighted by Crippen LogP contribution is 2.47. The zero-order valence-electron chi connectivity index (χ0n) is 10.1. The largest absolute Gasteiger partial charge is 0.313 e. The molecule has 1 heterocycles. The van der Waals surface area contributed by atoms with Crippen molar-refractivity contribution in [3.8, 4) is 0 Å². The van der Waals surface area contributed by atoms with Gasteiger partial charge in [-0.25, -0.2) is 0 Å². The molecular formula is C12H24N2S. The van der Waals surface area contributed by atoms with Crippen LogP contribution in [0.25, 0.3) is 0 Å². The fourth-order valence-corrected chi connectivity index (χ4v) is 3.45. The summed E-state index contributed by atoms with van der Waals surface area (Å²) in [5.74, 6) is 0. The van der Waals surface area contributed by atoms with E-state index in [1.54, 1.807) is 0 Å². The molecule has 2 fully saturated rings. The molecule has 1 saturated heterocycles. The van der Waals surface area contributed by atoms with E-state index in [-0.39, 0.29) is 0 Å². The lowest BCUT2D eigenvalue weighted by molar-refractivity contribution is 0.190. The first kappa shape index (κ1) is 11.7. The number of nitrogens with zero attached hydrogens (tertiary/aromatic N) is 1. The van der Waals surface area contributed by atoms with E-state index >= 15 is 0 Å². The molecular weight excluding hydrogens is 204 g/mol. The maximum atomic E-state index is 3.59. The first-order valence-corrected chi connectivity index (χ1v) is 7.51. The van der Waals surface area contributed by atoms with Crippen LogP contribution < -0.4 is 5.32 Å². The fraction of sp³-hybridized carbons (Fsp3) is 1.00. The highest BCUT2D eigenvalue weighted by molar-refractivity contribution is 8.00. The SMILES string of the molecule is CCNC1CCCN(CC2(SC)CC2)C1. The van der Waals surface area contributed by atoms with Crippen molar-refractivity contribution < 1.29 is 0 Å². The quantitative estimate of drug-likeness (QED) is 0.774. The van der Waals surface area contributed by atoms with E-state index in [1.165, 1.54) is 45.3 Å². The van der Waals surface area contributed by atoms with E-state index in [0.29, 0.717) is 4.75 Å². The van der Waals surface area contributed by atoms with Crippen LogP contribution in [0.5, 0.6) is 0 Å². The van der Waals surface area contributed by atoms with Gasteiger partial charge in [0.15, 0.2) is 0 Å².